The second-order valence-corrected chi connectivity index (χ2v) is 4.74. The summed E-state index contributed by atoms with van der Waals surface area (Å²) < 4.78 is 19.6. The lowest BCUT2D eigenvalue weighted by atomic mass is 10.2. The zero-order valence-corrected chi connectivity index (χ0v) is 11.5. The standard InChI is InChI=1S/C14H13BrFNO/c1-18-12-6-7-13(16)14(8-12)17-9-10-2-4-11(15)5-3-10/h2-8,17H,9H2,1H3. The van der Waals surface area contributed by atoms with E-state index in [1.54, 1.807) is 19.2 Å². The first-order chi connectivity index (χ1) is 8.69. The topological polar surface area (TPSA) is 21.3 Å². The van der Waals surface area contributed by atoms with Crippen LogP contribution in [0.1, 0.15) is 5.56 Å². The average molecular weight is 310 g/mol. The first kappa shape index (κ1) is 12.9. The zero-order valence-electron chi connectivity index (χ0n) is 9.91. The van der Waals surface area contributed by atoms with Crippen molar-refractivity contribution in [1.82, 2.24) is 0 Å². The van der Waals surface area contributed by atoms with Crippen LogP contribution in [0.3, 0.4) is 0 Å². The molecule has 18 heavy (non-hydrogen) atoms. The highest BCUT2D eigenvalue weighted by Gasteiger charge is 2.03. The van der Waals surface area contributed by atoms with Gasteiger partial charge in [0.05, 0.1) is 12.8 Å². The summed E-state index contributed by atoms with van der Waals surface area (Å²) in [5.74, 6) is 0.350. The van der Waals surface area contributed by atoms with Gasteiger partial charge in [-0.05, 0) is 29.8 Å². The number of hydrogen-bond donors (Lipinski definition) is 1. The lowest BCUT2D eigenvalue weighted by molar-refractivity contribution is 0.414. The minimum Gasteiger partial charge on any atom is -0.497 e. The first-order valence-corrected chi connectivity index (χ1v) is 6.30. The van der Waals surface area contributed by atoms with Gasteiger partial charge >= 0.3 is 0 Å². The summed E-state index contributed by atoms with van der Waals surface area (Å²) >= 11 is 3.38. The maximum absolute atomic E-state index is 13.5. The van der Waals surface area contributed by atoms with Crippen LogP contribution >= 0.6 is 15.9 Å². The number of benzene rings is 2. The minimum atomic E-state index is -0.284. The van der Waals surface area contributed by atoms with Gasteiger partial charge in [0, 0.05) is 17.1 Å². The molecule has 0 aliphatic carbocycles. The van der Waals surface area contributed by atoms with Crippen LogP contribution in [0.4, 0.5) is 10.1 Å². The van der Waals surface area contributed by atoms with Crippen LogP contribution in [0.15, 0.2) is 46.9 Å². The van der Waals surface area contributed by atoms with E-state index in [1.807, 2.05) is 24.3 Å². The van der Waals surface area contributed by atoms with Crippen LogP contribution in [-0.4, -0.2) is 7.11 Å². The lowest BCUT2D eigenvalue weighted by Gasteiger charge is -2.09. The minimum absolute atomic E-state index is 0.284. The molecule has 2 aromatic rings. The van der Waals surface area contributed by atoms with E-state index in [0.717, 1.165) is 10.0 Å². The molecule has 0 fully saturated rings. The van der Waals surface area contributed by atoms with Gasteiger partial charge in [0.1, 0.15) is 11.6 Å². The van der Waals surface area contributed by atoms with Crippen LogP contribution in [0.2, 0.25) is 0 Å². The summed E-state index contributed by atoms with van der Waals surface area (Å²) in [6, 6.07) is 12.5. The second-order valence-electron chi connectivity index (χ2n) is 3.83. The molecule has 0 bridgehead atoms. The normalized spacial score (nSPS) is 10.2. The van der Waals surface area contributed by atoms with E-state index >= 15 is 0 Å². The molecule has 0 amide bonds. The number of ether oxygens (including phenoxy) is 1. The SMILES string of the molecule is COc1ccc(F)c(NCc2ccc(Br)cc2)c1. The molecule has 0 radical (unpaired) electrons. The number of hydrogen-bond acceptors (Lipinski definition) is 2. The van der Waals surface area contributed by atoms with Gasteiger partial charge in [-0.25, -0.2) is 4.39 Å². The van der Waals surface area contributed by atoms with Crippen molar-refractivity contribution in [3.63, 3.8) is 0 Å². The summed E-state index contributed by atoms with van der Waals surface area (Å²) in [4.78, 5) is 0. The Labute approximate surface area is 114 Å². The fraction of sp³-hybridized carbons (Fsp3) is 0.143. The molecule has 2 rings (SSSR count). The number of methoxy groups -OCH3 is 1. The Hall–Kier alpha value is -1.55. The van der Waals surface area contributed by atoms with Crippen molar-refractivity contribution in [3.05, 3.63) is 58.3 Å². The second kappa shape index (κ2) is 5.87. The smallest absolute Gasteiger partial charge is 0.146 e. The van der Waals surface area contributed by atoms with Gasteiger partial charge in [-0.15, -0.1) is 0 Å². The van der Waals surface area contributed by atoms with Gasteiger partial charge < -0.3 is 10.1 Å². The molecule has 2 aromatic carbocycles. The van der Waals surface area contributed by atoms with Gasteiger partial charge in [0.15, 0.2) is 0 Å². The molecule has 1 N–H and O–H groups in total. The highest BCUT2D eigenvalue weighted by Crippen LogP contribution is 2.21. The molecule has 4 heteroatoms. The summed E-state index contributed by atoms with van der Waals surface area (Å²) in [5.41, 5.74) is 1.53. The third-order valence-electron chi connectivity index (χ3n) is 2.57. The number of halogens is 2. The number of anilines is 1. The van der Waals surface area contributed by atoms with Crippen molar-refractivity contribution < 1.29 is 9.13 Å². The third kappa shape index (κ3) is 3.23. The van der Waals surface area contributed by atoms with Gasteiger partial charge in [-0.3, -0.25) is 0 Å². The highest BCUT2D eigenvalue weighted by molar-refractivity contribution is 9.10. The van der Waals surface area contributed by atoms with E-state index in [9.17, 15) is 4.39 Å². The molecule has 0 saturated carbocycles. The molecule has 2 nitrogen and oxygen atoms in total. The van der Waals surface area contributed by atoms with Gasteiger partial charge in [0.2, 0.25) is 0 Å². The van der Waals surface area contributed by atoms with Gasteiger partial charge in [0.25, 0.3) is 0 Å². The molecule has 0 aliphatic heterocycles. The Morgan fingerprint density at radius 1 is 1.17 bits per heavy atom. The fourth-order valence-corrected chi connectivity index (χ4v) is 1.83. The Morgan fingerprint density at radius 3 is 2.56 bits per heavy atom. The quantitative estimate of drug-likeness (QED) is 0.913. The summed E-state index contributed by atoms with van der Waals surface area (Å²) in [6.07, 6.45) is 0. The van der Waals surface area contributed by atoms with Crippen molar-refractivity contribution in [2.45, 2.75) is 6.54 Å². The summed E-state index contributed by atoms with van der Waals surface area (Å²) in [7, 11) is 1.56. The maximum atomic E-state index is 13.5. The summed E-state index contributed by atoms with van der Waals surface area (Å²) in [5, 5.41) is 3.05. The molecule has 0 spiro atoms. The van der Waals surface area contributed by atoms with Crippen molar-refractivity contribution >= 4 is 21.6 Å². The molecule has 0 aliphatic rings. The maximum Gasteiger partial charge on any atom is 0.146 e. The van der Waals surface area contributed by atoms with Crippen molar-refractivity contribution in [3.8, 4) is 5.75 Å². The van der Waals surface area contributed by atoms with Crippen molar-refractivity contribution in [2.75, 3.05) is 12.4 Å². The van der Waals surface area contributed by atoms with E-state index in [4.69, 9.17) is 4.74 Å². The average Bonchev–Trinajstić information content (AvgIpc) is 2.40. The molecule has 94 valence electrons. The summed E-state index contributed by atoms with van der Waals surface area (Å²) in [6.45, 7) is 0.567. The predicted molar refractivity (Wildman–Crippen MR) is 74.4 cm³/mol. The fourth-order valence-electron chi connectivity index (χ4n) is 1.57. The molecule has 0 saturated heterocycles. The Morgan fingerprint density at radius 2 is 1.89 bits per heavy atom. The van der Waals surface area contributed by atoms with Crippen molar-refractivity contribution in [2.24, 2.45) is 0 Å². The van der Waals surface area contributed by atoms with Crippen molar-refractivity contribution in [1.29, 1.82) is 0 Å². The molecular formula is C14H13BrFNO. The Bertz CT molecular complexity index is 528. The third-order valence-corrected chi connectivity index (χ3v) is 3.10. The molecule has 0 atom stereocenters. The van der Waals surface area contributed by atoms with E-state index < -0.39 is 0 Å². The van der Waals surface area contributed by atoms with Crippen LogP contribution in [0.5, 0.6) is 5.75 Å². The lowest BCUT2D eigenvalue weighted by Crippen LogP contribution is -2.01. The number of rotatable bonds is 4. The van der Waals surface area contributed by atoms with Gasteiger partial charge in [-0.1, -0.05) is 28.1 Å². The highest BCUT2D eigenvalue weighted by atomic mass is 79.9. The zero-order chi connectivity index (χ0) is 13.0. The monoisotopic (exact) mass is 309 g/mol. The van der Waals surface area contributed by atoms with Crippen LogP contribution in [0.25, 0.3) is 0 Å². The Balaban J connectivity index is 2.07. The van der Waals surface area contributed by atoms with E-state index in [-0.39, 0.29) is 5.82 Å². The predicted octanol–water partition coefficient (Wildman–Crippen LogP) is 4.21. The van der Waals surface area contributed by atoms with Crippen LogP contribution in [0, 0.1) is 5.82 Å². The van der Waals surface area contributed by atoms with Crippen LogP contribution < -0.4 is 10.1 Å². The largest absolute Gasteiger partial charge is 0.497 e. The van der Waals surface area contributed by atoms with Gasteiger partial charge in [-0.2, -0.15) is 0 Å². The number of nitrogens with one attached hydrogen (secondary N) is 1. The van der Waals surface area contributed by atoms with E-state index in [0.29, 0.717) is 18.0 Å². The first-order valence-electron chi connectivity index (χ1n) is 5.51. The molecule has 0 heterocycles. The van der Waals surface area contributed by atoms with Crippen LogP contribution in [-0.2, 0) is 6.54 Å². The molecule has 0 aromatic heterocycles. The molecular weight excluding hydrogens is 297 g/mol. The molecule has 0 unspecified atom stereocenters. The Kier molecular flexibility index (Phi) is 4.20. The van der Waals surface area contributed by atoms with E-state index in [2.05, 4.69) is 21.2 Å². The van der Waals surface area contributed by atoms with E-state index in [1.165, 1.54) is 6.07 Å².